The molecule has 0 bridgehead atoms. The number of ether oxygens (including phenoxy) is 1. The molecule has 0 saturated carbocycles. The second-order valence-electron chi connectivity index (χ2n) is 6.34. The Morgan fingerprint density at radius 2 is 1.97 bits per heavy atom. The smallest absolute Gasteiger partial charge is 0.261 e. The first-order chi connectivity index (χ1) is 14.3. The van der Waals surface area contributed by atoms with Crippen molar-refractivity contribution in [2.24, 2.45) is 5.73 Å². The normalized spacial score (nSPS) is 15.4. The van der Waals surface area contributed by atoms with Crippen LogP contribution in [-0.4, -0.2) is 29.3 Å². The van der Waals surface area contributed by atoms with Gasteiger partial charge in [-0.1, -0.05) is 18.9 Å². The highest BCUT2D eigenvalue weighted by molar-refractivity contribution is 8.00. The molecule has 2 aromatic rings. The molecule has 0 aromatic heterocycles. The van der Waals surface area contributed by atoms with Gasteiger partial charge in [0.05, 0.1) is 11.3 Å². The molecule has 6 nitrogen and oxygen atoms in total. The van der Waals surface area contributed by atoms with Crippen molar-refractivity contribution in [2.45, 2.75) is 6.92 Å². The van der Waals surface area contributed by atoms with Crippen LogP contribution in [-0.2, 0) is 4.79 Å². The molecule has 0 unspecified atom stereocenters. The number of carbonyl (C=O) groups is 1. The zero-order chi connectivity index (χ0) is 21.8. The molecule has 1 aliphatic heterocycles. The molecule has 0 aliphatic carbocycles. The van der Waals surface area contributed by atoms with E-state index >= 15 is 0 Å². The summed E-state index contributed by atoms with van der Waals surface area (Å²) in [4.78, 5) is 13.6. The number of hydrogen-bond acceptors (Lipinski definition) is 6. The number of halogens is 2. The van der Waals surface area contributed by atoms with Crippen molar-refractivity contribution in [1.29, 1.82) is 5.41 Å². The van der Waals surface area contributed by atoms with E-state index in [0.29, 0.717) is 11.1 Å². The summed E-state index contributed by atoms with van der Waals surface area (Å²) in [5.74, 6) is -1.08. The van der Waals surface area contributed by atoms with Crippen molar-refractivity contribution in [3.05, 3.63) is 71.6 Å². The van der Waals surface area contributed by atoms with E-state index in [1.165, 1.54) is 29.1 Å². The van der Waals surface area contributed by atoms with E-state index in [0.717, 1.165) is 29.8 Å². The standard InChI is InChI=1S/C21H20F2N4O2S/c1-3-30-26-13-5-7-18(29-19-6-4-12(22)8-17(19)23)14(9-13)16-11-27(2)21(28)15(10-24)20(16)25/h4-11,25-26H,3,24H2,1-2H3/b15-10+,25-20?. The number of amides is 1. The average molecular weight is 430 g/mol. The van der Waals surface area contributed by atoms with Gasteiger partial charge in [0.15, 0.2) is 11.6 Å². The quantitative estimate of drug-likeness (QED) is 0.463. The lowest BCUT2D eigenvalue weighted by Gasteiger charge is -2.25. The SMILES string of the molecule is CCSNc1ccc(Oc2ccc(F)cc2F)c(C2=CN(C)C(=O)/C(=C/N)C2=N)c1. The molecule has 1 aliphatic rings. The van der Waals surface area contributed by atoms with Gasteiger partial charge in [0.1, 0.15) is 11.6 Å². The Bertz CT molecular complexity index is 1070. The molecule has 0 spiro atoms. The van der Waals surface area contributed by atoms with Crippen LogP contribution in [0.4, 0.5) is 14.5 Å². The zero-order valence-electron chi connectivity index (χ0n) is 16.3. The number of benzene rings is 2. The van der Waals surface area contributed by atoms with Gasteiger partial charge in [-0.15, -0.1) is 0 Å². The molecule has 156 valence electrons. The van der Waals surface area contributed by atoms with E-state index < -0.39 is 17.5 Å². The zero-order valence-corrected chi connectivity index (χ0v) is 17.1. The molecule has 1 amide bonds. The summed E-state index contributed by atoms with van der Waals surface area (Å²) in [5, 5.41) is 8.45. The predicted molar refractivity (Wildman–Crippen MR) is 115 cm³/mol. The van der Waals surface area contributed by atoms with Crippen LogP contribution in [0.1, 0.15) is 12.5 Å². The second-order valence-corrected chi connectivity index (χ2v) is 7.41. The maximum Gasteiger partial charge on any atom is 0.261 e. The number of nitrogens with one attached hydrogen (secondary N) is 2. The third-order valence-electron chi connectivity index (χ3n) is 4.30. The summed E-state index contributed by atoms with van der Waals surface area (Å²) < 4.78 is 36.3. The fourth-order valence-electron chi connectivity index (χ4n) is 2.84. The highest BCUT2D eigenvalue weighted by Crippen LogP contribution is 2.37. The van der Waals surface area contributed by atoms with E-state index in [9.17, 15) is 13.6 Å². The van der Waals surface area contributed by atoms with Gasteiger partial charge in [0, 0.05) is 48.1 Å². The van der Waals surface area contributed by atoms with Gasteiger partial charge in [0.25, 0.3) is 5.91 Å². The van der Waals surface area contributed by atoms with Gasteiger partial charge in [-0.25, -0.2) is 8.78 Å². The van der Waals surface area contributed by atoms with Crippen molar-refractivity contribution in [1.82, 2.24) is 4.90 Å². The second kappa shape index (κ2) is 9.00. The molecular formula is C21H20F2N4O2S. The molecule has 30 heavy (non-hydrogen) atoms. The number of hydrogen-bond donors (Lipinski definition) is 3. The topological polar surface area (TPSA) is 91.4 Å². The van der Waals surface area contributed by atoms with Crippen LogP contribution in [0.25, 0.3) is 5.57 Å². The number of likely N-dealkylation sites (N-methyl/N-ethyl adjacent to an activating group) is 1. The summed E-state index contributed by atoms with van der Waals surface area (Å²) in [5.41, 5.74) is 7.08. The molecule has 0 radical (unpaired) electrons. The number of nitrogens with two attached hydrogens (primary N) is 1. The van der Waals surface area contributed by atoms with Crippen molar-refractivity contribution in [3.63, 3.8) is 0 Å². The van der Waals surface area contributed by atoms with Gasteiger partial charge >= 0.3 is 0 Å². The molecule has 9 heteroatoms. The molecular weight excluding hydrogens is 410 g/mol. The number of allylic oxidation sites excluding steroid dienone is 1. The highest BCUT2D eigenvalue weighted by atomic mass is 32.2. The van der Waals surface area contributed by atoms with Gasteiger partial charge in [-0.2, -0.15) is 0 Å². The Morgan fingerprint density at radius 1 is 1.23 bits per heavy atom. The molecule has 0 atom stereocenters. The van der Waals surface area contributed by atoms with E-state index in [2.05, 4.69) is 4.72 Å². The summed E-state index contributed by atoms with van der Waals surface area (Å²) >= 11 is 1.48. The largest absolute Gasteiger partial charge is 0.454 e. The van der Waals surface area contributed by atoms with Crippen LogP contribution < -0.4 is 15.2 Å². The fraction of sp³-hybridized carbons (Fsp3) is 0.143. The average Bonchev–Trinajstić information content (AvgIpc) is 2.72. The fourth-order valence-corrected chi connectivity index (χ4v) is 3.28. The number of rotatable bonds is 6. The Labute approximate surface area is 177 Å². The van der Waals surface area contributed by atoms with E-state index in [4.69, 9.17) is 15.9 Å². The van der Waals surface area contributed by atoms with Crippen molar-refractivity contribution >= 4 is 34.8 Å². The van der Waals surface area contributed by atoms with Gasteiger partial charge < -0.3 is 20.1 Å². The third-order valence-corrected chi connectivity index (χ3v) is 4.97. The van der Waals surface area contributed by atoms with Gasteiger partial charge in [0.2, 0.25) is 0 Å². The number of nitrogens with zero attached hydrogens (tertiary/aromatic N) is 1. The molecule has 0 fully saturated rings. The van der Waals surface area contributed by atoms with Crippen LogP contribution in [0.2, 0.25) is 0 Å². The van der Waals surface area contributed by atoms with E-state index in [1.54, 1.807) is 25.2 Å². The first-order valence-electron chi connectivity index (χ1n) is 9.01. The summed E-state index contributed by atoms with van der Waals surface area (Å²) in [6, 6.07) is 8.10. The Morgan fingerprint density at radius 3 is 2.63 bits per heavy atom. The molecule has 0 saturated heterocycles. The van der Waals surface area contributed by atoms with Gasteiger partial charge in [-0.3, -0.25) is 10.2 Å². The summed E-state index contributed by atoms with van der Waals surface area (Å²) in [6.45, 7) is 1.99. The number of anilines is 1. The van der Waals surface area contributed by atoms with E-state index in [1.807, 2.05) is 6.92 Å². The summed E-state index contributed by atoms with van der Waals surface area (Å²) in [7, 11) is 1.55. The minimum atomic E-state index is -0.854. The maximum absolute atomic E-state index is 14.1. The lowest BCUT2D eigenvalue weighted by molar-refractivity contribution is -0.123. The third kappa shape index (κ3) is 4.30. The lowest BCUT2D eigenvalue weighted by atomic mass is 9.92. The van der Waals surface area contributed by atoms with Crippen LogP contribution >= 0.6 is 11.9 Å². The monoisotopic (exact) mass is 430 g/mol. The minimum absolute atomic E-state index is 0.0372. The first kappa shape index (κ1) is 21.4. The number of carbonyl (C=O) groups excluding carboxylic acids is 1. The highest BCUT2D eigenvalue weighted by Gasteiger charge is 2.29. The van der Waals surface area contributed by atoms with Crippen molar-refractivity contribution in [2.75, 3.05) is 17.5 Å². The van der Waals surface area contributed by atoms with Crippen LogP contribution in [0.15, 0.2) is 54.4 Å². The predicted octanol–water partition coefficient (Wildman–Crippen LogP) is 4.51. The van der Waals surface area contributed by atoms with Gasteiger partial charge in [-0.05, 0) is 30.3 Å². The summed E-state index contributed by atoms with van der Waals surface area (Å²) in [6.07, 6.45) is 2.58. The van der Waals surface area contributed by atoms with Crippen molar-refractivity contribution in [3.8, 4) is 11.5 Å². The van der Waals surface area contributed by atoms with Crippen molar-refractivity contribution < 1.29 is 18.3 Å². The molecule has 1 heterocycles. The Balaban J connectivity index is 2.11. The maximum atomic E-state index is 14.1. The molecule has 2 aromatic carbocycles. The minimum Gasteiger partial charge on any atom is -0.454 e. The molecule has 3 rings (SSSR count). The lowest BCUT2D eigenvalue weighted by Crippen LogP contribution is -2.32. The molecule has 4 N–H and O–H groups in total. The van der Waals surface area contributed by atoms with E-state index in [-0.39, 0.29) is 22.8 Å². The Kier molecular flexibility index (Phi) is 6.41. The Hall–Kier alpha value is -3.33. The van der Waals surface area contributed by atoms with Crippen LogP contribution in [0.5, 0.6) is 11.5 Å². The van der Waals surface area contributed by atoms with Crippen LogP contribution in [0.3, 0.4) is 0 Å². The first-order valence-corrected chi connectivity index (χ1v) is 9.99. The van der Waals surface area contributed by atoms with Crippen LogP contribution in [0, 0.1) is 17.0 Å².